The largest absolute Gasteiger partial charge is 0.341 e. The van der Waals surface area contributed by atoms with Gasteiger partial charge in [0.05, 0.1) is 5.69 Å². The zero-order valence-corrected chi connectivity index (χ0v) is 9.10. The number of carbonyl (C=O) groups is 1. The van der Waals surface area contributed by atoms with E-state index in [0.717, 1.165) is 15.7 Å². The third kappa shape index (κ3) is 2.45. The first kappa shape index (κ1) is 10.1. The van der Waals surface area contributed by atoms with E-state index in [9.17, 15) is 4.79 Å². The highest BCUT2D eigenvalue weighted by molar-refractivity contribution is 9.10. The maximum atomic E-state index is 11.0. The van der Waals surface area contributed by atoms with Gasteiger partial charge in [0, 0.05) is 11.5 Å². The lowest BCUT2D eigenvalue weighted by atomic mass is 10.2. The van der Waals surface area contributed by atoms with E-state index in [0.29, 0.717) is 0 Å². The van der Waals surface area contributed by atoms with Gasteiger partial charge in [-0.05, 0) is 34.5 Å². The summed E-state index contributed by atoms with van der Waals surface area (Å²) < 4.78 is 0.915. The smallest absolute Gasteiger partial charge is 0.319 e. The van der Waals surface area contributed by atoms with Gasteiger partial charge < -0.3 is 10.6 Å². The van der Waals surface area contributed by atoms with Gasteiger partial charge >= 0.3 is 6.03 Å². The van der Waals surface area contributed by atoms with E-state index >= 15 is 0 Å². The van der Waals surface area contributed by atoms with Gasteiger partial charge in [-0.1, -0.05) is 12.1 Å². The van der Waals surface area contributed by atoms with Crippen molar-refractivity contribution in [2.24, 2.45) is 0 Å². The zero-order valence-electron chi connectivity index (χ0n) is 7.52. The summed E-state index contributed by atoms with van der Waals surface area (Å²) in [4.78, 5) is 11.0. The van der Waals surface area contributed by atoms with Crippen molar-refractivity contribution in [3.8, 4) is 0 Å². The van der Waals surface area contributed by atoms with Crippen LogP contribution in [0.15, 0.2) is 22.7 Å². The van der Waals surface area contributed by atoms with Crippen LogP contribution in [-0.4, -0.2) is 13.1 Å². The molecule has 0 bridgehead atoms. The third-order valence-corrected chi connectivity index (χ3v) is 2.72. The Morgan fingerprint density at radius 2 is 2.15 bits per heavy atom. The van der Waals surface area contributed by atoms with Crippen LogP contribution >= 0.6 is 15.9 Å². The summed E-state index contributed by atoms with van der Waals surface area (Å²) in [5.41, 5.74) is 1.87. The minimum Gasteiger partial charge on any atom is -0.341 e. The molecule has 0 aromatic heterocycles. The molecule has 0 unspecified atom stereocenters. The van der Waals surface area contributed by atoms with Crippen molar-refractivity contribution in [2.75, 3.05) is 12.4 Å². The molecule has 0 fully saturated rings. The molecule has 0 spiro atoms. The third-order valence-electron chi connectivity index (χ3n) is 1.67. The molecule has 0 atom stereocenters. The van der Waals surface area contributed by atoms with Gasteiger partial charge in [-0.25, -0.2) is 4.79 Å². The Bertz CT molecular complexity index is 325. The molecule has 1 aromatic rings. The number of amides is 2. The van der Waals surface area contributed by atoms with Gasteiger partial charge in [0.25, 0.3) is 0 Å². The molecule has 0 aliphatic carbocycles. The molecule has 1 rings (SSSR count). The molecule has 0 aliphatic heterocycles. The molecule has 70 valence electrons. The molecule has 0 saturated carbocycles. The Kier molecular flexibility index (Phi) is 3.31. The number of hydrogen-bond acceptors (Lipinski definition) is 1. The average molecular weight is 243 g/mol. The van der Waals surface area contributed by atoms with E-state index in [2.05, 4.69) is 26.6 Å². The fraction of sp³-hybridized carbons (Fsp3) is 0.222. The van der Waals surface area contributed by atoms with E-state index in [4.69, 9.17) is 0 Å². The second kappa shape index (κ2) is 4.28. The van der Waals surface area contributed by atoms with Gasteiger partial charge in [0.15, 0.2) is 0 Å². The Morgan fingerprint density at radius 3 is 2.77 bits per heavy atom. The van der Waals surface area contributed by atoms with Crippen LogP contribution < -0.4 is 10.6 Å². The summed E-state index contributed by atoms with van der Waals surface area (Å²) >= 11 is 3.40. The summed E-state index contributed by atoms with van der Waals surface area (Å²) in [6.45, 7) is 1.97. The van der Waals surface area contributed by atoms with Crippen LogP contribution in [0.2, 0.25) is 0 Å². The molecular formula is C9H11BrN2O. The SMILES string of the molecule is CNC(=O)Nc1cccc(C)c1Br. The van der Waals surface area contributed by atoms with Gasteiger partial charge in [-0.2, -0.15) is 0 Å². The fourth-order valence-corrected chi connectivity index (χ4v) is 1.29. The topological polar surface area (TPSA) is 41.1 Å². The lowest BCUT2D eigenvalue weighted by Crippen LogP contribution is -2.24. The Hall–Kier alpha value is -1.03. The molecule has 1 aromatic carbocycles. The van der Waals surface area contributed by atoms with Crippen molar-refractivity contribution >= 4 is 27.6 Å². The maximum Gasteiger partial charge on any atom is 0.319 e. The number of nitrogens with one attached hydrogen (secondary N) is 2. The number of carbonyl (C=O) groups excluding carboxylic acids is 1. The molecule has 0 heterocycles. The Morgan fingerprint density at radius 1 is 1.46 bits per heavy atom. The van der Waals surface area contributed by atoms with Crippen molar-refractivity contribution in [1.82, 2.24) is 5.32 Å². The molecule has 0 saturated heterocycles. The van der Waals surface area contributed by atoms with E-state index in [1.807, 2.05) is 25.1 Å². The van der Waals surface area contributed by atoms with Crippen LogP contribution in [0.4, 0.5) is 10.5 Å². The second-order valence-corrected chi connectivity index (χ2v) is 3.43. The number of hydrogen-bond donors (Lipinski definition) is 2. The van der Waals surface area contributed by atoms with Crippen LogP contribution in [0.3, 0.4) is 0 Å². The Balaban J connectivity index is 2.89. The zero-order chi connectivity index (χ0) is 9.84. The minimum atomic E-state index is -0.216. The first-order chi connectivity index (χ1) is 6.15. The van der Waals surface area contributed by atoms with Gasteiger partial charge in [-0.15, -0.1) is 0 Å². The van der Waals surface area contributed by atoms with Crippen molar-refractivity contribution < 1.29 is 4.79 Å². The highest BCUT2D eigenvalue weighted by Crippen LogP contribution is 2.25. The van der Waals surface area contributed by atoms with Crippen LogP contribution in [0.5, 0.6) is 0 Å². The quantitative estimate of drug-likeness (QED) is 0.781. The number of aryl methyl sites for hydroxylation is 1. The standard InChI is InChI=1S/C9H11BrN2O/c1-6-4-3-5-7(8(6)10)12-9(13)11-2/h3-5H,1-2H3,(H2,11,12,13). The summed E-state index contributed by atoms with van der Waals surface area (Å²) in [7, 11) is 1.58. The summed E-state index contributed by atoms with van der Waals surface area (Å²) in [5, 5.41) is 5.19. The predicted molar refractivity (Wildman–Crippen MR) is 57.0 cm³/mol. The molecular weight excluding hydrogens is 232 g/mol. The molecule has 0 aliphatic rings. The van der Waals surface area contributed by atoms with Crippen LogP contribution in [0.25, 0.3) is 0 Å². The number of benzene rings is 1. The van der Waals surface area contributed by atoms with Crippen molar-refractivity contribution in [3.05, 3.63) is 28.2 Å². The minimum absolute atomic E-state index is 0.216. The molecule has 4 heteroatoms. The average Bonchev–Trinajstić information content (AvgIpc) is 2.13. The highest BCUT2D eigenvalue weighted by Gasteiger charge is 2.04. The molecule has 3 nitrogen and oxygen atoms in total. The monoisotopic (exact) mass is 242 g/mol. The highest BCUT2D eigenvalue weighted by atomic mass is 79.9. The van der Waals surface area contributed by atoms with Crippen molar-refractivity contribution in [3.63, 3.8) is 0 Å². The molecule has 2 amide bonds. The van der Waals surface area contributed by atoms with E-state index < -0.39 is 0 Å². The normalized spacial score (nSPS) is 9.46. The van der Waals surface area contributed by atoms with E-state index in [-0.39, 0.29) is 6.03 Å². The van der Waals surface area contributed by atoms with Gasteiger partial charge in [-0.3, -0.25) is 0 Å². The van der Waals surface area contributed by atoms with E-state index in [1.165, 1.54) is 0 Å². The van der Waals surface area contributed by atoms with E-state index in [1.54, 1.807) is 7.05 Å². The predicted octanol–water partition coefficient (Wildman–Crippen LogP) is 2.51. The molecule has 13 heavy (non-hydrogen) atoms. The summed E-state index contributed by atoms with van der Waals surface area (Å²) in [6, 6.07) is 5.49. The molecule has 0 radical (unpaired) electrons. The lowest BCUT2D eigenvalue weighted by Gasteiger charge is -2.07. The van der Waals surface area contributed by atoms with Gasteiger partial charge in [0.1, 0.15) is 0 Å². The fourth-order valence-electron chi connectivity index (χ4n) is 0.929. The number of anilines is 1. The number of urea groups is 1. The Labute approximate surface area is 85.7 Å². The van der Waals surface area contributed by atoms with Crippen molar-refractivity contribution in [2.45, 2.75) is 6.92 Å². The first-order valence-corrected chi connectivity index (χ1v) is 4.68. The summed E-state index contributed by atoms with van der Waals surface area (Å²) in [6.07, 6.45) is 0. The number of halogens is 1. The van der Waals surface area contributed by atoms with Crippen LogP contribution in [0.1, 0.15) is 5.56 Å². The lowest BCUT2D eigenvalue weighted by molar-refractivity contribution is 0.254. The van der Waals surface area contributed by atoms with Crippen LogP contribution in [0, 0.1) is 6.92 Å². The first-order valence-electron chi connectivity index (χ1n) is 3.89. The summed E-state index contributed by atoms with van der Waals surface area (Å²) in [5.74, 6) is 0. The van der Waals surface area contributed by atoms with Crippen molar-refractivity contribution in [1.29, 1.82) is 0 Å². The van der Waals surface area contributed by atoms with Crippen LogP contribution in [-0.2, 0) is 0 Å². The van der Waals surface area contributed by atoms with Gasteiger partial charge in [0.2, 0.25) is 0 Å². The molecule has 2 N–H and O–H groups in total. The number of rotatable bonds is 1. The maximum absolute atomic E-state index is 11.0. The second-order valence-electron chi connectivity index (χ2n) is 2.64.